The Balaban J connectivity index is 1.58. The fourth-order valence-electron chi connectivity index (χ4n) is 4.52. The lowest BCUT2D eigenvalue weighted by molar-refractivity contribution is -0.108. The van der Waals surface area contributed by atoms with E-state index in [4.69, 9.17) is 10.5 Å². The first-order valence-corrected chi connectivity index (χ1v) is 10.1. The quantitative estimate of drug-likeness (QED) is 0.552. The summed E-state index contributed by atoms with van der Waals surface area (Å²) in [5, 5.41) is 0. The van der Waals surface area contributed by atoms with Crippen LogP contribution in [0.25, 0.3) is 0 Å². The number of benzene rings is 1. The summed E-state index contributed by atoms with van der Waals surface area (Å²) in [5.41, 5.74) is 10.3. The van der Waals surface area contributed by atoms with Crippen LogP contribution in [0.2, 0.25) is 0 Å². The van der Waals surface area contributed by atoms with Gasteiger partial charge in [0.15, 0.2) is 0 Å². The van der Waals surface area contributed by atoms with Crippen molar-refractivity contribution in [1.29, 1.82) is 0 Å². The zero-order valence-corrected chi connectivity index (χ0v) is 15.6. The molecule has 138 valence electrons. The number of aldehydes is 1. The van der Waals surface area contributed by atoms with Crippen LogP contribution < -0.4 is 5.73 Å². The lowest BCUT2D eigenvalue weighted by Gasteiger charge is -2.27. The number of rotatable bonds is 8. The summed E-state index contributed by atoms with van der Waals surface area (Å²) in [6.07, 6.45) is 12.3. The van der Waals surface area contributed by atoms with E-state index >= 15 is 0 Å². The number of carbonyl (C=O) groups excluding carboxylic acids is 1. The molecule has 25 heavy (non-hydrogen) atoms. The highest BCUT2D eigenvalue weighted by Gasteiger charge is 2.36. The SMILES string of the molecule is CCCCCC[C@@H]1Cc2ccc([C@H]3CC[C@](N)(CC=O)C3)cc2CO1. The van der Waals surface area contributed by atoms with E-state index in [1.807, 2.05) is 0 Å². The number of ether oxygens (including phenoxy) is 1. The third-order valence-corrected chi connectivity index (χ3v) is 6.14. The van der Waals surface area contributed by atoms with Crippen LogP contribution in [-0.2, 0) is 22.6 Å². The Kier molecular flexibility index (Phi) is 6.29. The minimum atomic E-state index is -0.289. The third kappa shape index (κ3) is 4.71. The molecule has 1 aromatic rings. The molecule has 1 aromatic carbocycles. The molecule has 0 aromatic heterocycles. The van der Waals surface area contributed by atoms with Crippen molar-refractivity contribution in [3.63, 3.8) is 0 Å². The van der Waals surface area contributed by atoms with Crippen LogP contribution in [0, 0.1) is 0 Å². The van der Waals surface area contributed by atoms with Crippen molar-refractivity contribution < 1.29 is 9.53 Å². The molecule has 1 aliphatic carbocycles. The Bertz CT molecular complexity index is 585. The number of hydrogen-bond donors (Lipinski definition) is 1. The van der Waals surface area contributed by atoms with Crippen molar-refractivity contribution in [2.75, 3.05) is 0 Å². The topological polar surface area (TPSA) is 52.3 Å². The van der Waals surface area contributed by atoms with Crippen LogP contribution in [0.3, 0.4) is 0 Å². The number of hydrogen-bond acceptors (Lipinski definition) is 3. The second-order valence-electron chi connectivity index (χ2n) is 8.19. The Morgan fingerprint density at radius 1 is 1.28 bits per heavy atom. The lowest BCUT2D eigenvalue weighted by Crippen LogP contribution is -2.37. The number of unbranched alkanes of at least 4 members (excludes halogenated alkanes) is 3. The van der Waals surface area contributed by atoms with Gasteiger partial charge < -0.3 is 15.3 Å². The first-order chi connectivity index (χ1) is 12.1. The van der Waals surface area contributed by atoms with E-state index in [2.05, 4.69) is 25.1 Å². The van der Waals surface area contributed by atoms with Gasteiger partial charge in [-0.15, -0.1) is 0 Å². The van der Waals surface area contributed by atoms with Gasteiger partial charge in [-0.2, -0.15) is 0 Å². The molecule has 3 atom stereocenters. The zero-order valence-electron chi connectivity index (χ0n) is 15.6. The summed E-state index contributed by atoms with van der Waals surface area (Å²) in [5.74, 6) is 0.488. The monoisotopic (exact) mass is 343 g/mol. The van der Waals surface area contributed by atoms with Crippen molar-refractivity contribution in [3.8, 4) is 0 Å². The van der Waals surface area contributed by atoms with Crippen LogP contribution in [0.4, 0.5) is 0 Å². The van der Waals surface area contributed by atoms with E-state index in [-0.39, 0.29) is 5.54 Å². The van der Waals surface area contributed by atoms with E-state index in [0.717, 1.165) is 38.6 Å². The highest BCUT2D eigenvalue weighted by molar-refractivity contribution is 5.52. The first-order valence-electron chi connectivity index (χ1n) is 10.1. The van der Waals surface area contributed by atoms with Crippen LogP contribution in [0.5, 0.6) is 0 Å². The van der Waals surface area contributed by atoms with Gasteiger partial charge in [-0.1, -0.05) is 50.8 Å². The van der Waals surface area contributed by atoms with E-state index in [1.54, 1.807) is 0 Å². The van der Waals surface area contributed by atoms with Crippen molar-refractivity contribution >= 4 is 6.29 Å². The Morgan fingerprint density at radius 3 is 2.96 bits per heavy atom. The standard InChI is InChI=1S/C22H33NO2/c1-2-3-4-5-6-21-14-18-8-7-17(13-20(18)16-25-21)19-9-10-22(23,15-19)11-12-24/h7-8,12-13,19,21H,2-6,9-11,14-16,23H2,1H3/t19-,21+,22-/m0/s1. The largest absolute Gasteiger partial charge is 0.373 e. The van der Waals surface area contributed by atoms with E-state index in [0.29, 0.717) is 18.4 Å². The second kappa shape index (κ2) is 8.46. The summed E-state index contributed by atoms with van der Waals surface area (Å²) in [6.45, 7) is 3.00. The van der Waals surface area contributed by atoms with Gasteiger partial charge in [0.2, 0.25) is 0 Å². The normalized spacial score (nSPS) is 28.7. The zero-order chi connectivity index (χ0) is 17.7. The van der Waals surface area contributed by atoms with Crippen LogP contribution in [-0.4, -0.2) is 17.9 Å². The van der Waals surface area contributed by atoms with Gasteiger partial charge in [-0.25, -0.2) is 0 Å². The van der Waals surface area contributed by atoms with E-state index < -0.39 is 0 Å². The molecule has 0 bridgehead atoms. The Labute approximate surface area is 152 Å². The molecule has 1 heterocycles. The molecule has 1 aliphatic heterocycles. The van der Waals surface area contributed by atoms with Gasteiger partial charge >= 0.3 is 0 Å². The number of carbonyl (C=O) groups is 1. The molecule has 2 aliphatic rings. The third-order valence-electron chi connectivity index (χ3n) is 6.14. The second-order valence-corrected chi connectivity index (χ2v) is 8.19. The minimum Gasteiger partial charge on any atom is -0.373 e. The average molecular weight is 344 g/mol. The molecular weight excluding hydrogens is 310 g/mol. The van der Waals surface area contributed by atoms with Crippen LogP contribution in [0.1, 0.15) is 87.3 Å². The smallest absolute Gasteiger partial charge is 0.121 e. The summed E-state index contributed by atoms with van der Waals surface area (Å²) < 4.78 is 6.11. The van der Waals surface area contributed by atoms with E-state index in [1.165, 1.54) is 48.8 Å². The number of nitrogens with two attached hydrogens (primary N) is 1. The molecule has 1 fully saturated rings. The predicted octanol–water partition coefficient (Wildman–Crippen LogP) is 4.65. The summed E-state index contributed by atoms with van der Waals surface area (Å²) in [7, 11) is 0. The van der Waals surface area contributed by atoms with Gasteiger partial charge in [-0.05, 0) is 54.7 Å². The molecule has 0 spiro atoms. The van der Waals surface area contributed by atoms with E-state index in [9.17, 15) is 4.79 Å². The molecule has 0 unspecified atom stereocenters. The Hall–Kier alpha value is -1.19. The molecule has 0 saturated heterocycles. The molecule has 3 rings (SSSR count). The molecule has 0 radical (unpaired) electrons. The molecular formula is C22H33NO2. The molecule has 3 nitrogen and oxygen atoms in total. The van der Waals surface area contributed by atoms with Crippen LogP contribution in [0.15, 0.2) is 18.2 Å². The maximum atomic E-state index is 10.8. The molecule has 3 heteroatoms. The average Bonchev–Trinajstić information content (AvgIpc) is 3.00. The summed E-state index contributed by atoms with van der Waals surface area (Å²) in [6, 6.07) is 6.93. The van der Waals surface area contributed by atoms with Gasteiger partial charge in [0.1, 0.15) is 6.29 Å². The fraction of sp³-hybridized carbons (Fsp3) is 0.682. The maximum Gasteiger partial charge on any atom is 0.121 e. The highest BCUT2D eigenvalue weighted by atomic mass is 16.5. The molecule has 1 saturated carbocycles. The maximum absolute atomic E-state index is 10.8. The Morgan fingerprint density at radius 2 is 2.16 bits per heavy atom. The number of fused-ring (bicyclic) bond motifs is 1. The van der Waals surface area contributed by atoms with Gasteiger partial charge in [0.25, 0.3) is 0 Å². The minimum absolute atomic E-state index is 0.289. The van der Waals surface area contributed by atoms with Crippen molar-refractivity contribution in [1.82, 2.24) is 0 Å². The van der Waals surface area contributed by atoms with Crippen molar-refractivity contribution in [2.24, 2.45) is 5.73 Å². The molecule has 0 amide bonds. The predicted molar refractivity (Wildman–Crippen MR) is 102 cm³/mol. The van der Waals surface area contributed by atoms with Gasteiger partial charge in [-0.3, -0.25) is 0 Å². The summed E-state index contributed by atoms with van der Waals surface area (Å²) >= 11 is 0. The first kappa shape index (κ1) is 18.6. The lowest BCUT2D eigenvalue weighted by atomic mass is 9.88. The van der Waals surface area contributed by atoms with Crippen molar-refractivity contribution in [3.05, 3.63) is 34.9 Å². The highest BCUT2D eigenvalue weighted by Crippen LogP contribution is 2.41. The molecule has 2 N–H and O–H groups in total. The van der Waals surface area contributed by atoms with Gasteiger partial charge in [0.05, 0.1) is 12.7 Å². The fourth-order valence-corrected chi connectivity index (χ4v) is 4.52. The van der Waals surface area contributed by atoms with Gasteiger partial charge in [0, 0.05) is 12.0 Å². The van der Waals surface area contributed by atoms with Crippen molar-refractivity contribution in [2.45, 2.75) is 95.3 Å². The summed E-state index contributed by atoms with van der Waals surface area (Å²) in [4.78, 5) is 10.8. The van der Waals surface area contributed by atoms with Crippen LogP contribution >= 0.6 is 0 Å².